The Labute approximate surface area is 137 Å². The number of rotatable bonds is 6. The van der Waals surface area contributed by atoms with Gasteiger partial charge in [0.15, 0.2) is 5.11 Å². The van der Waals surface area contributed by atoms with Crippen molar-refractivity contribution in [1.29, 1.82) is 0 Å². The van der Waals surface area contributed by atoms with Gasteiger partial charge < -0.3 is 4.90 Å². The van der Waals surface area contributed by atoms with Gasteiger partial charge >= 0.3 is 0 Å². The van der Waals surface area contributed by atoms with Gasteiger partial charge in [-0.2, -0.15) is 0 Å². The highest BCUT2D eigenvalue weighted by Crippen LogP contribution is 2.10. The lowest BCUT2D eigenvalue weighted by molar-refractivity contribution is -0.115. The fourth-order valence-electron chi connectivity index (χ4n) is 1.83. The SMILES string of the molecule is CCCN(CCC)C(=S)NC(=O)/C=C/c1ccc(Cl)cc1. The Balaban J connectivity index is 2.55. The van der Waals surface area contributed by atoms with Gasteiger partial charge in [0.2, 0.25) is 5.91 Å². The van der Waals surface area contributed by atoms with Crippen LogP contribution >= 0.6 is 23.8 Å². The maximum atomic E-state index is 11.9. The van der Waals surface area contributed by atoms with Crippen molar-refractivity contribution in [3.63, 3.8) is 0 Å². The average molecular weight is 325 g/mol. The number of carbonyl (C=O) groups excluding carboxylic acids is 1. The molecule has 1 N–H and O–H groups in total. The number of nitrogens with zero attached hydrogens (tertiary/aromatic N) is 1. The Hall–Kier alpha value is -1.39. The molecule has 0 spiro atoms. The molecule has 114 valence electrons. The van der Waals surface area contributed by atoms with Crippen molar-refractivity contribution in [3.8, 4) is 0 Å². The molecule has 0 fully saturated rings. The van der Waals surface area contributed by atoms with E-state index in [1.807, 2.05) is 17.0 Å². The third-order valence-corrected chi connectivity index (χ3v) is 3.41. The van der Waals surface area contributed by atoms with Crippen LogP contribution in [0.15, 0.2) is 30.3 Å². The topological polar surface area (TPSA) is 32.3 Å². The van der Waals surface area contributed by atoms with E-state index in [0.29, 0.717) is 10.1 Å². The molecule has 0 aromatic heterocycles. The lowest BCUT2D eigenvalue weighted by Crippen LogP contribution is -2.42. The molecule has 0 saturated heterocycles. The summed E-state index contributed by atoms with van der Waals surface area (Å²) in [4.78, 5) is 13.9. The van der Waals surface area contributed by atoms with Crippen LogP contribution in [0.25, 0.3) is 6.08 Å². The van der Waals surface area contributed by atoms with Gasteiger partial charge in [0.05, 0.1) is 0 Å². The van der Waals surface area contributed by atoms with Crippen LogP contribution in [0.3, 0.4) is 0 Å². The van der Waals surface area contributed by atoms with E-state index in [-0.39, 0.29) is 5.91 Å². The lowest BCUT2D eigenvalue weighted by atomic mass is 10.2. The fraction of sp³-hybridized carbons (Fsp3) is 0.375. The summed E-state index contributed by atoms with van der Waals surface area (Å²) in [7, 11) is 0. The summed E-state index contributed by atoms with van der Waals surface area (Å²) in [5.41, 5.74) is 0.916. The molecule has 21 heavy (non-hydrogen) atoms. The summed E-state index contributed by atoms with van der Waals surface area (Å²) >= 11 is 11.1. The maximum Gasteiger partial charge on any atom is 0.250 e. The van der Waals surface area contributed by atoms with Gasteiger partial charge in [-0.15, -0.1) is 0 Å². The number of amides is 1. The average Bonchev–Trinajstić information content (AvgIpc) is 2.46. The first-order valence-electron chi connectivity index (χ1n) is 7.10. The van der Waals surface area contributed by atoms with Crippen LogP contribution in [0.1, 0.15) is 32.3 Å². The number of benzene rings is 1. The second kappa shape index (κ2) is 9.53. The maximum absolute atomic E-state index is 11.9. The summed E-state index contributed by atoms with van der Waals surface area (Å²) in [5.74, 6) is -0.216. The van der Waals surface area contributed by atoms with E-state index >= 15 is 0 Å². The highest BCUT2D eigenvalue weighted by atomic mass is 35.5. The van der Waals surface area contributed by atoms with Crippen LogP contribution in [0.2, 0.25) is 5.02 Å². The molecule has 3 nitrogen and oxygen atoms in total. The van der Waals surface area contributed by atoms with Crippen LogP contribution in [0.4, 0.5) is 0 Å². The Morgan fingerprint density at radius 2 is 1.81 bits per heavy atom. The second-order valence-electron chi connectivity index (χ2n) is 4.67. The van der Waals surface area contributed by atoms with Gasteiger partial charge in [0.25, 0.3) is 0 Å². The van der Waals surface area contributed by atoms with Gasteiger partial charge in [-0.3, -0.25) is 10.1 Å². The van der Waals surface area contributed by atoms with Crippen molar-refractivity contribution in [3.05, 3.63) is 40.9 Å². The zero-order valence-corrected chi connectivity index (χ0v) is 14.0. The van der Waals surface area contributed by atoms with Crippen molar-refractivity contribution in [2.45, 2.75) is 26.7 Å². The quantitative estimate of drug-likeness (QED) is 0.636. The highest BCUT2D eigenvalue weighted by Gasteiger charge is 2.09. The molecule has 0 aliphatic heterocycles. The zero-order valence-electron chi connectivity index (χ0n) is 12.4. The number of thiocarbonyl (C=S) groups is 1. The van der Waals surface area contributed by atoms with Gasteiger partial charge in [-0.05, 0) is 48.8 Å². The predicted octanol–water partition coefficient (Wildman–Crippen LogP) is 3.88. The van der Waals surface area contributed by atoms with E-state index in [2.05, 4.69) is 19.2 Å². The van der Waals surface area contributed by atoms with Crippen molar-refractivity contribution in [2.75, 3.05) is 13.1 Å². The molecule has 0 saturated carbocycles. The Kier molecular flexibility index (Phi) is 8.01. The minimum absolute atomic E-state index is 0.216. The van der Waals surface area contributed by atoms with Crippen molar-refractivity contribution in [2.24, 2.45) is 0 Å². The third kappa shape index (κ3) is 6.74. The zero-order chi connectivity index (χ0) is 15.7. The number of halogens is 1. The van der Waals surface area contributed by atoms with Crippen molar-refractivity contribution in [1.82, 2.24) is 10.2 Å². The molecule has 0 radical (unpaired) electrons. The Morgan fingerprint density at radius 3 is 2.33 bits per heavy atom. The Morgan fingerprint density at radius 1 is 1.24 bits per heavy atom. The number of hydrogen-bond donors (Lipinski definition) is 1. The van der Waals surface area contributed by atoms with Crippen LogP contribution in [-0.4, -0.2) is 29.0 Å². The molecule has 5 heteroatoms. The van der Waals surface area contributed by atoms with E-state index in [4.69, 9.17) is 23.8 Å². The molecular formula is C16H21ClN2OS. The van der Waals surface area contributed by atoms with E-state index < -0.39 is 0 Å². The van der Waals surface area contributed by atoms with Gasteiger partial charge in [0, 0.05) is 24.2 Å². The predicted molar refractivity (Wildman–Crippen MR) is 93.4 cm³/mol. The molecule has 1 rings (SSSR count). The van der Waals surface area contributed by atoms with E-state index in [1.54, 1.807) is 18.2 Å². The summed E-state index contributed by atoms with van der Waals surface area (Å²) in [5, 5.41) is 3.90. The highest BCUT2D eigenvalue weighted by molar-refractivity contribution is 7.80. The largest absolute Gasteiger partial charge is 0.349 e. The van der Waals surface area contributed by atoms with Crippen molar-refractivity contribution < 1.29 is 4.79 Å². The smallest absolute Gasteiger partial charge is 0.250 e. The third-order valence-electron chi connectivity index (χ3n) is 2.80. The molecule has 1 amide bonds. The van der Waals surface area contributed by atoms with Crippen LogP contribution < -0.4 is 5.32 Å². The lowest BCUT2D eigenvalue weighted by Gasteiger charge is -2.23. The molecule has 0 atom stereocenters. The number of carbonyl (C=O) groups is 1. The second-order valence-corrected chi connectivity index (χ2v) is 5.49. The summed E-state index contributed by atoms with van der Waals surface area (Å²) < 4.78 is 0. The molecular weight excluding hydrogens is 304 g/mol. The summed E-state index contributed by atoms with van der Waals surface area (Å²) in [6.07, 6.45) is 5.21. The molecule has 0 heterocycles. The van der Waals surface area contributed by atoms with Crippen molar-refractivity contribution >= 4 is 40.9 Å². The molecule has 0 aliphatic carbocycles. The number of hydrogen-bond acceptors (Lipinski definition) is 2. The normalized spacial score (nSPS) is 10.6. The van der Waals surface area contributed by atoms with Gasteiger partial charge in [-0.25, -0.2) is 0 Å². The molecule has 1 aromatic rings. The first kappa shape index (κ1) is 17.7. The minimum atomic E-state index is -0.216. The number of nitrogens with one attached hydrogen (secondary N) is 1. The first-order chi connectivity index (χ1) is 10.1. The van der Waals surface area contributed by atoms with E-state index in [0.717, 1.165) is 31.5 Å². The van der Waals surface area contributed by atoms with Crippen LogP contribution in [0.5, 0.6) is 0 Å². The molecule has 1 aromatic carbocycles. The first-order valence-corrected chi connectivity index (χ1v) is 7.89. The molecule has 0 aliphatic rings. The van der Waals surface area contributed by atoms with Gasteiger partial charge in [0.1, 0.15) is 0 Å². The molecule has 0 unspecified atom stereocenters. The van der Waals surface area contributed by atoms with Gasteiger partial charge in [-0.1, -0.05) is 37.6 Å². The summed E-state index contributed by atoms with van der Waals surface area (Å²) in [6, 6.07) is 7.28. The summed E-state index contributed by atoms with van der Waals surface area (Å²) in [6.45, 7) is 5.89. The monoisotopic (exact) mass is 324 g/mol. The minimum Gasteiger partial charge on any atom is -0.349 e. The standard InChI is InChI=1S/C16H21ClN2OS/c1-3-11-19(12-4-2)16(21)18-15(20)10-7-13-5-8-14(17)9-6-13/h5-10H,3-4,11-12H2,1-2H3,(H,18,20,21)/b10-7+. The van der Waals surface area contributed by atoms with E-state index in [1.165, 1.54) is 6.08 Å². The van der Waals surface area contributed by atoms with Crippen LogP contribution in [-0.2, 0) is 4.79 Å². The van der Waals surface area contributed by atoms with Crippen LogP contribution in [0, 0.1) is 0 Å². The fourth-order valence-corrected chi connectivity index (χ4v) is 2.24. The molecule has 0 bridgehead atoms. The Bertz CT molecular complexity index is 494. The van der Waals surface area contributed by atoms with E-state index in [9.17, 15) is 4.79 Å².